The minimum absolute atomic E-state index is 0.0943. The van der Waals surface area contributed by atoms with Crippen LogP contribution in [0, 0.1) is 5.41 Å². The lowest BCUT2D eigenvalue weighted by Gasteiger charge is -2.43. The second-order valence-electron chi connectivity index (χ2n) is 7.09. The van der Waals surface area contributed by atoms with Crippen molar-refractivity contribution in [2.45, 2.75) is 38.2 Å². The van der Waals surface area contributed by atoms with E-state index < -0.39 is 0 Å². The molecule has 5 nitrogen and oxygen atoms in total. The lowest BCUT2D eigenvalue weighted by Crippen LogP contribution is -2.54. The first kappa shape index (κ1) is 15.6. The number of amides is 1. The van der Waals surface area contributed by atoms with E-state index in [1.54, 1.807) is 12.4 Å². The summed E-state index contributed by atoms with van der Waals surface area (Å²) in [6, 6.07) is 3.79. The van der Waals surface area contributed by atoms with Crippen LogP contribution in [0.3, 0.4) is 0 Å². The summed E-state index contributed by atoms with van der Waals surface area (Å²) in [5, 5.41) is 0. The Hall–Kier alpha value is -1.88. The number of pyridine rings is 1. The number of aromatic nitrogens is 1. The molecule has 1 amide bonds. The van der Waals surface area contributed by atoms with E-state index in [9.17, 15) is 4.79 Å². The third-order valence-electron chi connectivity index (χ3n) is 5.53. The molecule has 24 heavy (non-hydrogen) atoms. The topological polar surface area (TPSA) is 51.7 Å². The van der Waals surface area contributed by atoms with E-state index in [0.717, 1.165) is 63.1 Å². The molecule has 2 fully saturated rings. The molecule has 1 aliphatic carbocycles. The molecule has 4 rings (SSSR count). The molecule has 0 spiro atoms. The minimum Gasteiger partial charge on any atom is -0.491 e. The standard InChI is InChI=1S/C19H24N2O3/c22-18(15-4-1-2-5-15)21-10-7-17-19(13-21,8-11-23-17)14-24-16-6-3-9-20-12-16/h3-4,6,9,12,17H,1-2,5,7-8,10-11,13-14H2/t17-,19+/m1/s1. The molecule has 2 atom stereocenters. The fraction of sp³-hybridized carbons (Fsp3) is 0.579. The minimum atomic E-state index is -0.0943. The first-order chi connectivity index (χ1) is 11.8. The quantitative estimate of drug-likeness (QED) is 0.852. The molecule has 0 aromatic carbocycles. The van der Waals surface area contributed by atoms with Gasteiger partial charge in [-0.1, -0.05) is 6.08 Å². The van der Waals surface area contributed by atoms with Crippen molar-refractivity contribution in [2.75, 3.05) is 26.3 Å². The summed E-state index contributed by atoms with van der Waals surface area (Å²) in [6.45, 7) is 2.85. The first-order valence-corrected chi connectivity index (χ1v) is 8.90. The first-order valence-electron chi connectivity index (χ1n) is 8.90. The van der Waals surface area contributed by atoms with Gasteiger partial charge in [0.25, 0.3) is 0 Å². The maximum atomic E-state index is 12.8. The number of likely N-dealkylation sites (tertiary alicyclic amines) is 1. The van der Waals surface area contributed by atoms with E-state index in [-0.39, 0.29) is 17.4 Å². The van der Waals surface area contributed by atoms with Gasteiger partial charge in [0, 0.05) is 31.5 Å². The Morgan fingerprint density at radius 1 is 1.50 bits per heavy atom. The summed E-state index contributed by atoms with van der Waals surface area (Å²) in [4.78, 5) is 18.9. The molecule has 2 saturated heterocycles. The fourth-order valence-electron chi connectivity index (χ4n) is 4.16. The van der Waals surface area contributed by atoms with E-state index >= 15 is 0 Å². The summed E-state index contributed by atoms with van der Waals surface area (Å²) >= 11 is 0. The monoisotopic (exact) mass is 328 g/mol. The number of hydrogen-bond donors (Lipinski definition) is 0. The maximum absolute atomic E-state index is 12.8. The zero-order valence-corrected chi connectivity index (χ0v) is 13.9. The van der Waals surface area contributed by atoms with Gasteiger partial charge in [-0.05, 0) is 44.2 Å². The number of ether oxygens (including phenoxy) is 2. The molecule has 2 aliphatic heterocycles. The van der Waals surface area contributed by atoms with Crippen molar-refractivity contribution < 1.29 is 14.3 Å². The van der Waals surface area contributed by atoms with Gasteiger partial charge < -0.3 is 14.4 Å². The molecule has 0 saturated carbocycles. The molecular formula is C19H24N2O3. The number of allylic oxidation sites excluding steroid dienone is 1. The number of rotatable bonds is 4. The van der Waals surface area contributed by atoms with E-state index in [0.29, 0.717) is 6.61 Å². The third kappa shape index (κ3) is 2.93. The molecule has 1 aromatic rings. The van der Waals surface area contributed by atoms with Crippen LogP contribution in [0.4, 0.5) is 0 Å². The van der Waals surface area contributed by atoms with Gasteiger partial charge in [-0.2, -0.15) is 0 Å². The van der Waals surface area contributed by atoms with Crippen molar-refractivity contribution in [2.24, 2.45) is 5.41 Å². The van der Waals surface area contributed by atoms with Gasteiger partial charge in [0.15, 0.2) is 0 Å². The average Bonchev–Trinajstić information content (AvgIpc) is 3.29. The van der Waals surface area contributed by atoms with Gasteiger partial charge in [-0.3, -0.25) is 9.78 Å². The Morgan fingerprint density at radius 3 is 3.25 bits per heavy atom. The molecule has 0 unspecified atom stereocenters. The van der Waals surface area contributed by atoms with Crippen LogP contribution >= 0.6 is 0 Å². The number of hydrogen-bond acceptors (Lipinski definition) is 4. The third-order valence-corrected chi connectivity index (χ3v) is 5.53. The Balaban J connectivity index is 1.47. The summed E-state index contributed by atoms with van der Waals surface area (Å²) in [7, 11) is 0. The maximum Gasteiger partial charge on any atom is 0.249 e. The van der Waals surface area contributed by atoms with Gasteiger partial charge in [-0.15, -0.1) is 0 Å². The fourth-order valence-corrected chi connectivity index (χ4v) is 4.16. The number of fused-ring (bicyclic) bond motifs is 1. The average molecular weight is 328 g/mol. The van der Waals surface area contributed by atoms with Gasteiger partial charge in [0.05, 0.1) is 24.3 Å². The molecule has 0 radical (unpaired) electrons. The highest BCUT2D eigenvalue weighted by atomic mass is 16.5. The molecule has 1 aromatic heterocycles. The predicted molar refractivity (Wildman–Crippen MR) is 89.7 cm³/mol. The molecule has 5 heteroatoms. The number of carbonyl (C=O) groups is 1. The van der Waals surface area contributed by atoms with Gasteiger partial charge >= 0.3 is 0 Å². The Morgan fingerprint density at radius 2 is 2.46 bits per heavy atom. The van der Waals surface area contributed by atoms with E-state index in [1.807, 2.05) is 17.0 Å². The Bertz CT molecular complexity index is 631. The summed E-state index contributed by atoms with van der Waals surface area (Å²) < 4.78 is 12.0. The highest BCUT2D eigenvalue weighted by molar-refractivity contribution is 5.93. The van der Waals surface area contributed by atoms with Gasteiger partial charge in [0.1, 0.15) is 5.75 Å². The lowest BCUT2D eigenvalue weighted by molar-refractivity contribution is -0.134. The molecule has 0 N–H and O–H groups in total. The van der Waals surface area contributed by atoms with Crippen molar-refractivity contribution >= 4 is 5.91 Å². The van der Waals surface area contributed by atoms with Crippen LogP contribution in [0.1, 0.15) is 32.1 Å². The second-order valence-corrected chi connectivity index (χ2v) is 7.09. The molecule has 3 aliphatic rings. The van der Waals surface area contributed by atoms with Crippen LogP contribution in [-0.4, -0.2) is 48.2 Å². The highest BCUT2D eigenvalue weighted by Crippen LogP contribution is 2.41. The highest BCUT2D eigenvalue weighted by Gasteiger charge is 2.49. The van der Waals surface area contributed by atoms with Crippen LogP contribution in [0.5, 0.6) is 5.75 Å². The van der Waals surface area contributed by atoms with Crippen molar-refractivity contribution in [1.29, 1.82) is 0 Å². The predicted octanol–water partition coefficient (Wildman–Crippen LogP) is 2.58. The molecular weight excluding hydrogens is 304 g/mol. The van der Waals surface area contributed by atoms with Crippen molar-refractivity contribution in [1.82, 2.24) is 9.88 Å². The van der Waals surface area contributed by atoms with Crippen LogP contribution in [-0.2, 0) is 9.53 Å². The van der Waals surface area contributed by atoms with Gasteiger partial charge in [0.2, 0.25) is 5.91 Å². The number of carbonyl (C=O) groups excluding carboxylic acids is 1. The van der Waals surface area contributed by atoms with Crippen LogP contribution in [0.15, 0.2) is 36.2 Å². The summed E-state index contributed by atoms with van der Waals surface area (Å²) in [5.74, 6) is 0.998. The van der Waals surface area contributed by atoms with Crippen molar-refractivity contribution in [3.05, 3.63) is 36.2 Å². The van der Waals surface area contributed by atoms with Crippen LogP contribution < -0.4 is 4.74 Å². The van der Waals surface area contributed by atoms with Crippen molar-refractivity contribution in [3.63, 3.8) is 0 Å². The zero-order valence-electron chi connectivity index (χ0n) is 13.9. The SMILES string of the molecule is O=C(C1=CCCC1)N1CC[C@H]2OCC[C@@]2(COc2cccnc2)C1. The van der Waals surface area contributed by atoms with Crippen LogP contribution in [0.2, 0.25) is 0 Å². The summed E-state index contributed by atoms with van der Waals surface area (Å²) in [5.41, 5.74) is 0.902. The second kappa shape index (κ2) is 6.55. The summed E-state index contributed by atoms with van der Waals surface area (Å²) in [6.07, 6.45) is 10.7. The molecule has 3 heterocycles. The number of piperidine rings is 1. The van der Waals surface area contributed by atoms with E-state index in [2.05, 4.69) is 11.1 Å². The van der Waals surface area contributed by atoms with E-state index in [1.165, 1.54) is 0 Å². The number of nitrogens with zero attached hydrogens (tertiary/aromatic N) is 2. The lowest BCUT2D eigenvalue weighted by atomic mass is 9.77. The zero-order chi connectivity index (χ0) is 16.4. The Labute approximate surface area is 142 Å². The van der Waals surface area contributed by atoms with Crippen LogP contribution in [0.25, 0.3) is 0 Å². The van der Waals surface area contributed by atoms with Gasteiger partial charge in [-0.25, -0.2) is 0 Å². The van der Waals surface area contributed by atoms with Crippen molar-refractivity contribution in [3.8, 4) is 5.75 Å². The Kier molecular flexibility index (Phi) is 4.27. The normalized spacial score (nSPS) is 29.2. The smallest absolute Gasteiger partial charge is 0.249 e. The largest absolute Gasteiger partial charge is 0.491 e. The molecule has 0 bridgehead atoms. The van der Waals surface area contributed by atoms with E-state index in [4.69, 9.17) is 9.47 Å². The molecule has 128 valence electrons.